The number of likely N-dealkylation sites (tertiary alicyclic amines) is 1. The summed E-state index contributed by atoms with van der Waals surface area (Å²) < 4.78 is 0. The number of allylic oxidation sites excluding steroid dienone is 1. The van der Waals surface area contributed by atoms with E-state index in [4.69, 9.17) is 11.6 Å². The number of hydrogen-bond donors (Lipinski definition) is 3. The summed E-state index contributed by atoms with van der Waals surface area (Å²) in [5, 5.41) is 12.9. The number of ketones is 2. The smallest absolute Gasteiger partial charge is 0.274 e. The number of fused-ring (bicyclic) bond motifs is 5. The van der Waals surface area contributed by atoms with Crippen LogP contribution >= 0.6 is 11.6 Å². The molecule has 3 aromatic carbocycles. The van der Waals surface area contributed by atoms with Crippen molar-refractivity contribution < 1.29 is 19.5 Å². The van der Waals surface area contributed by atoms with Crippen LogP contribution in [0.25, 0.3) is 21.8 Å². The summed E-state index contributed by atoms with van der Waals surface area (Å²) in [6.07, 6.45) is 0.908. The van der Waals surface area contributed by atoms with Crippen molar-refractivity contribution in [2.45, 2.75) is 25.4 Å². The summed E-state index contributed by atoms with van der Waals surface area (Å²) in [5.41, 5.74) is 6.18. The highest BCUT2D eigenvalue weighted by Gasteiger charge is 2.45. The molecule has 3 atom stereocenters. The molecule has 2 aromatic heterocycles. The van der Waals surface area contributed by atoms with E-state index in [1.807, 2.05) is 60.7 Å². The molecule has 7 nitrogen and oxygen atoms in total. The maximum Gasteiger partial charge on any atom is 0.274 e. The third kappa shape index (κ3) is 4.28. The average Bonchev–Trinajstić information content (AvgIpc) is 3.71. The summed E-state index contributed by atoms with van der Waals surface area (Å²) in [7, 11) is 0. The second-order valence-corrected chi connectivity index (χ2v) is 11.5. The molecule has 0 saturated carbocycles. The molecule has 0 spiro atoms. The number of aliphatic hydroxyl groups excluding tert-OH is 1. The molecule has 3 heterocycles. The summed E-state index contributed by atoms with van der Waals surface area (Å²) in [6, 6.07) is 22.6. The van der Waals surface area contributed by atoms with Gasteiger partial charge in [-0.3, -0.25) is 14.4 Å². The minimum Gasteiger partial charge on any atom is -0.384 e. The number of alkyl halides is 1. The summed E-state index contributed by atoms with van der Waals surface area (Å²) in [6.45, 7) is 1.89. The number of nitrogens with zero attached hydrogens (tertiary/aromatic N) is 1. The van der Waals surface area contributed by atoms with E-state index < -0.39 is 6.10 Å². The van der Waals surface area contributed by atoms with E-state index in [2.05, 4.69) is 9.97 Å². The Balaban J connectivity index is 1.16. The van der Waals surface area contributed by atoms with Gasteiger partial charge in [-0.25, -0.2) is 0 Å². The Hall–Kier alpha value is -4.46. The van der Waals surface area contributed by atoms with Gasteiger partial charge in [-0.1, -0.05) is 42.5 Å². The van der Waals surface area contributed by atoms with Crippen molar-refractivity contribution in [2.75, 3.05) is 12.4 Å². The molecule has 8 heteroatoms. The number of carbonyl (C=O) groups excluding carboxylic acids is 3. The second-order valence-electron chi connectivity index (χ2n) is 11.2. The average molecular weight is 578 g/mol. The van der Waals surface area contributed by atoms with Gasteiger partial charge in [-0.15, -0.1) is 11.6 Å². The number of aromatic nitrogens is 2. The molecule has 1 saturated heterocycles. The minimum atomic E-state index is -1.00. The lowest BCUT2D eigenvalue weighted by Crippen LogP contribution is -2.29. The Morgan fingerprint density at radius 2 is 1.69 bits per heavy atom. The van der Waals surface area contributed by atoms with E-state index >= 15 is 0 Å². The van der Waals surface area contributed by atoms with Crippen molar-refractivity contribution in [3.8, 4) is 0 Å². The number of halogens is 1. The highest BCUT2D eigenvalue weighted by molar-refractivity contribution is 6.18. The zero-order valence-electron chi connectivity index (χ0n) is 22.9. The number of Topliss-reactive ketones (excluding diaryl/α,β-unsaturated/α-hetero) is 2. The Bertz CT molecular complexity index is 1920. The normalized spacial score (nSPS) is 19.5. The van der Waals surface area contributed by atoms with Crippen molar-refractivity contribution in [3.05, 3.63) is 118 Å². The van der Waals surface area contributed by atoms with Crippen LogP contribution in [0.5, 0.6) is 0 Å². The van der Waals surface area contributed by atoms with Crippen LogP contribution in [0.15, 0.2) is 84.6 Å². The number of aromatic amines is 2. The molecule has 1 aliphatic heterocycles. The molecular formula is C34H28ClN3O4. The number of carbonyl (C=O) groups is 3. The van der Waals surface area contributed by atoms with Crippen molar-refractivity contribution >= 4 is 50.9 Å². The fourth-order valence-corrected chi connectivity index (χ4v) is 6.87. The van der Waals surface area contributed by atoms with Gasteiger partial charge in [0.1, 0.15) is 11.8 Å². The molecule has 1 fully saturated rings. The van der Waals surface area contributed by atoms with Gasteiger partial charge in [0.2, 0.25) is 0 Å². The fourth-order valence-electron chi connectivity index (χ4n) is 6.59. The van der Waals surface area contributed by atoms with Gasteiger partial charge in [0.25, 0.3) is 5.91 Å². The standard InChI is InChI=1S/C34H28ClN3O4/c1-18(39)23-6-4-7-24-32-22(16-35)17-38(29(32)15-31(41)33(23)24)34(42)28-14-21-11-19(9-10-26(21)37-28)12-30(40)27-13-20-5-2-3-8-25(20)36-27/h2-11,13-15,22,31-32,36-37,41H,12,16-17H2,1H3. The highest BCUT2D eigenvalue weighted by atomic mass is 35.5. The van der Waals surface area contributed by atoms with Crippen LogP contribution in [0.3, 0.4) is 0 Å². The van der Waals surface area contributed by atoms with Gasteiger partial charge in [0.15, 0.2) is 11.6 Å². The zero-order valence-corrected chi connectivity index (χ0v) is 23.6. The third-order valence-electron chi connectivity index (χ3n) is 8.55. The van der Waals surface area contributed by atoms with Crippen molar-refractivity contribution in [3.63, 3.8) is 0 Å². The Kier molecular flexibility index (Phi) is 6.37. The molecular weight excluding hydrogens is 550 g/mol. The largest absolute Gasteiger partial charge is 0.384 e. The van der Waals surface area contributed by atoms with Crippen molar-refractivity contribution in [2.24, 2.45) is 5.92 Å². The number of benzene rings is 3. The molecule has 5 aromatic rings. The first kappa shape index (κ1) is 26.4. The van der Waals surface area contributed by atoms with Crippen LogP contribution < -0.4 is 0 Å². The molecule has 0 bridgehead atoms. The Morgan fingerprint density at radius 3 is 2.48 bits per heavy atom. The molecule has 3 unspecified atom stereocenters. The van der Waals surface area contributed by atoms with Gasteiger partial charge in [-0.2, -0.15) is 0 Å². The quantitative estimate of drug-likeness (QED) is 0.163. The first-order valence-corrected chi connectivity index (χ1v) is 14.5. The van der Waals surface area contributed by atoms with E-state index in [1.54, 1.807) is 23.1 Å². The lowest BCUT2D eigenvalue weighted by Gasteiger charge is -2.30. The van der Waals surface area contributed by atoms with Gasteiger partial charge < -0.3 is 20.0 Å². The molecule has 2 aliphatic rings. The number of amides is 1. The maximum absolute atomic E-state index is 13.9. The van der Waals surface area contributed by atoms with E-state index in [-0.39, 0.29) is 35.7 Å². The number of nitrogens with one attached hydrogen (secondary N) is 2. The van der Waals surface area contributed by atoms with Crippen molar-refractivity contribution in [1.82, 2.24) is 14.9 Å². The Morgan fingerprint density at radius 1 is 0.929 bits per heavy atom. The molecule has 0 radical (unpaired) electrons. The zero-order chi connectivity index (χ0) is 29.1. The Labute approximate surface area is 246 Å². The third-order valence-corrected chi connectivity index (χ3v) is 8.95. The number of rotatable bonds is 6. The number of hydrogen-bond acceptors (Lipinski definition) is 4. The number of aliphatic hydroxyl groups is 1. The first-order valence-electron chi connectivity index (χ1n) is 14.0. The van der Waals surface area contributed by atoms with E-state index in [9.17, 15) is 19.5 Å². The number of H-pyrrole nitrogens is 2. The van der Waals surface area contributed by atoms with Gasteiger partial charge in [0, 0.05) is 63.7 Å². The van der Waals surface area contributed by atoms with Crippen LogP contribution in [-0.4, -0.2) is 49.9 Å². The molecule has 7 rings (SSSR count). The van der Waals surface area contributed by atoms with Gasteiger partial charge >= 0.3 is 0 Å². The molecule has 3 N–H and O–H groups in total. The molecule has 1 amide bonds. The van der Waals surface area contributed by atoms with Crippen LogP contribution in [0.4, 0.5) is 0 Å². The van der Waals surface area contributed by atoms with Crippen molar-refractivity contribution in [1.29, 1.82) is 0 Å². The minimum absolute atomic E-state index is 0.0105. The predicted molar refractivity (Wildman–Crippen MR) is 162 cm³/mol. The fraction of sp³-hybridized carbons (Fsp3) is 0.206. The lowest BCUT2D eigenvalue weighted by molar-refractivity contribution is 0.0811. The van der Waals surface area contributed by atoms with E-state index in [1.165, 1.54) is 6.92 Å². The molecule has 42 heavy (non-hydrogen) atoms. The van der Waals surface area contributed by atoms with Crippen LogP contribution in [0, 0.1) is 5.92 Å². The topological polar surface area (TPSA) is 106 Å². The van der Waals surface area contributed by atoms with Crippen LogP contribution in [0.2, 0.25) is 0 Å². The summed E-state index contributed by atoms with van der Waals surface area (Å²) in [5.74, 6) is -0.284. The molecule has 210 valence electrons. The first-order chi connectivity index (χ1) is 20.3. The van der Waals surface area contributed by atoms with Crippen LogP contribution in [-0.2, 0) is 6.42 Å². The van der Waals surface area contributed by atoms with Gasteiger partial charge in [0.05, 0.1) is 5.69 Å². The summed E-state index contributed by atoms with van der Waals surface area (Å²) in [4.78, 5) is 47.3. The maximum atomic E-state index is 13.9. The highest BCUT2D eigenvalue weighted by Crippen LogP contribution is 2.49. The van der Waals surface area contributed by atoms with E-state index in [0.29, 0.717) is 40.6 Å². The SMILES string of the molecule is CC(=O)c1cccc2c1C(O)C=C1C2C(CCl)CN1C(=O)c1cc2cc(CC(=O)c3cc4ccccc4[nH]3)ccc2[nH]1. The monoisotopic (exact) mass is 577 g/mol. The lowest BCUT2D eigenvalue weighted by atomic mass is 9.77. The predicted octanol–water partition coefficient (Wildman–Crippen LogP) is 6.30. The number of para-hydroxylation sites is 1. The van der Waals surface area contributed by atoms with E-state index in [0.717, 1.165) is 32.9 Å². The second kappa shape index (κ2) is 10.1. The van der Waals surface area contributed by atoms with Gasteiger partial charge in [-0.05, 0) is 60.0 Å². The van der Waals surface area contributed by atoms with Crippen LogP contribution in [0.1, 0.15) is 67.0 Å². The molecule has 1 aliphatic carbocycles. The summed E-state index contributed by atoms with van der Waals surface area (Å²) >= 11 is 6.41.